The number of nitrogens with one attached hydrogen (secondary N) is 1. The van der Waals surface area contributed by atoms with Gasteiger partial charge >= 0.3 is 12.2 Å². The van der Waals surface area contributed by atoms with Gasteiger partial charge in [-0.1, -0.05) is 23.8 Å². The predicted octanol–water partition coefficient (Wildman–Crippen LogP) is 5.78. The molecule has 0 fully saturated rings. The topological polar surface area (TPSA) is 73.1 Å². The summed E-state index contributed by atoms with van der Waals surface area (Å²) < 4.78 is 49.6. The molecule has 0 radical (unpaired) electrons. The molecule has 30 heavy (non-hydrogen) atoms. The lowest BCUT2D eigenvalue weighted by atomic mass is 10.2. The molecule has 0 aliphatic rings. The largest absolute Gasteiger partial charge is 0.462 e. The fourth-order valence-electron chi connectivity index (χ4n) is 2.35. The molecule has 0 saturated heterocycles. The molecule has 2 heterocycles. The van der Waals surface area contributed by atoms with E-state index in [2.05, 4.69) is 27.1 Å². The van der Waals surface area contributed by atoms with Crippen molar-refractivity contribution in [2.45, 2.75) is 13.1 Å². The number of alkyl halides is 3. The summed E-state index contributed by atoms with van der Waals surface area (Å²) in [5.41, 5.74) is -0.100. The van der Waals surface area contributed by atoms with E-state index < -0.39 is 11.7 Å². The molecule has 1 N–H and O–H groups in total. The molecule has 0 bridgehead atoms. The number of hydrogen-bond acceptors (Lipinski definition) is 6. The van der Waals surface area contributed by atoms with Crippen molar-refractivity contribution in [3.8, 4) is 5.75 Å². The summed E-state index contributed by atoms with van der Waals surface area (Å²) in [6, 6.07) is 8.08. The van der Waals surface area contributed by atoms with Crippen LogP contribution in [0.1, 0.15) is 18.4 Å². The van der Waals surface area contributed by atoms with Crippen molar-refractivity contribution in [2.24, 2.45) is 0 Å². The molecule has 0 amide bonds. The zero-order chi connectivity index (χ0) is 21.6. The second kappa shape index (κ2) is 9.08. The second-order valence-corrected chi connectivity index (χ2v) is 6.00. The Morgan fingerprint density at radius 3 is 2.60 bits per heavy atom. The third kappa shape index (κ3) is 5.57. The van der Waals surface area contributed by atoms with Gasteiger partial charge in [-0.15, -0.1) is 5.10 Å². The maximum Gasteiger partial charge on any atom is 0.416 e. The number of allylic oxidation sites excluding steroid dienone is 5. The molecule has 6 nitrogen and oxygen atoms in total. The smallest absolute Gasteiger partial charge is 0.416 e. The van der Waals surface area contributed by atoms with Gasteiger partial charge in [0.1, 0.15) is 11.5 Å². The van der Waals surface area contributed by atoms with E-state index in [0.717, 1.165) is 12.1 Å². The lowest BCUT2D eigenvalue weighted by Crippen LogP contribution is -2.05. The van der Waals surface area contributed by atoms with Crippen LogP contribution in [0, 0.1) is 0 Å². The predicted molar refractivity (Wildman–Crippen MR) is 106 cm³/mol. The number of ether oxygens (including phenoxy) is 1. The fourth-order valence-corrected chi connectivity index (χ4v) is 2.35. The van der Waals surface area contributed by atoms with Crippen molar-refractivity contribution in [3.63, 3.8) is 0 Å². The van der Waals surface area contributed by atoms with Gasteiger partial charge in [-0.3, -0.25) is 4.98 Å². The Labute approximate surface area is 170 Å². The van der Waals surface area contributed by atoms with Crippen LogP contribution in [0.5, 0.6) is 5.75 Å². The maximum atomic E-state index is 12.8. The normalized spacial score (nSPS) is 12.5. The van der Waals surface area contributed by atoms with E-state index in [1.54, 1.807) is 43.6 Å². The number of halogens is 3. The van der Waals surface area contributed by atoms with Gasteiger partial charge in [0.2, 0.25) is 5.89 Å². The summed E-state index contributed by atoms with van der Waals surface area (Å²) in [5, 5.41) is 10.4. The van der Waals surface area contributed by atoms with Gasteiger partial charge in [0, 0.05) is 23.7 Å². The highest BCUT2D eigenvalue weighted by molar-refractivity contribution is 5.69. The van der Waals surface area contributed by atoms with E-state index in [9.17, 15) is 13.2 Å². The van der Waals surface area contributed by atoms with Crippen molar-refractivity contribution in [1.29, 1.82) is 0 Å². The number of pyridine rings is 1. The molecule has 0 unspecified atom stereocenters. The molecule has 0 saturated carbocycles. The molecule has 9 heteroatoms. The number of benzene rings is 1. The van der Waals surface area contributed by atoms with Crippen molar-refractivity contribution in [1.82, 2.24) is 15.2 Å². The summed E-state index contributed by atoms with van der Waals surface area (Å²) in [5.74, 6) is 1.38. The van der Waals surface area contributed by atoms with Crippen LogP contribution in [0.4, 0.5) is 24.9 Å². The second-order valence-electron chi connectivity index (χ2n) is 6.00. The Hall–Kier alpha value is -3.88. The Kier molecular flexibility index (Phi) is 6.31. The van der Waals surface area contributed by atoms with Crippen molar-refractivity contribution in [2.75, 3.05) is 5.32 Å². The summed E-state index contributed by atoms with van der Waals surface area (Å²) >= 11 is 0. The lowest BCUT2D eigenvalue weighted by molar-refractivity contribution is -0.137. The molecule has 0 spiro atoms. The Balaban J connectivity index is 1.73. The molecule has 3 rings (SSSR count). The summed E-state index contributed by atoms with van der Waals surface area (Å²) in [6.07, 6.45) is 3.67. The van der Waals surface area contributed by atoms with Gasteiger partial charge in [-0.05, 0) is 49.4 Å². The first-order chi connectivity index (χ1) is 14.3. The minimum atomic E-state index is -4.45. The highest BCUT2D eigenvalue weighted by Crippen LogP contribution is 2.31. The van der Waals surface area contributed by atoms with Gasteiger partial charge in [-0.25, -0.2) is 0 Å². The van der Waals surface area contributed by atoms with Gasteiger partial charge in [-0.2, -0.15) is 13.2 Å². The van der Waals surface area contributed by atoms with Gasteiger partial charge < -0.3 is 14.5 Å². The fraction of sp³-hybridized carbons (Fsp3) is 0.0952. The SMILES string of the molecule is C=CC(=CC=C(C)Oc1ccncc1)c1nnc(Nc2cccc(C(F)(F)F)c2)o1. The Morgan fingerprint density at radius 1 is 1.13 bits per heavy atom. The number of rotatable bonds is 7. The minimum Gasteiger partial charge on any atom is -0.462 e. The lowest BCUT2D eigenvalue weighted by Gasteiger charge is -2.08. The van der Waals surface area contributed by atoms with E-state index >= 15 is 0 Å². The van der Waals surface area contributed by atoms with Crippen molar-refractivity contribution in [3.05, 3.63) is 90.8 Å². The zero-order valence-electron chi connectivity index (χ0n) is 15.8. The monoisotopic (exact) mass is 414 g/mol. The van der Waals surface area contributed by atoms with E-state index in [-0.39, 0.29) is 17.6 Å². The number of nitrogens with zero attached hydrogens (tertiary/aromatic N) is 3. The summed E-state index contributed by atoms with van der Waals surface area (Å²) in [4.78, 5) is 3.91. The van der Waals surface area contributed by atoms with Gasteiger partial charge in [0.25, 0.3) is 0 Å². The van der Waals surface area contributed by atoms with E-state index in [1.807, 2.05) is 0 Å². The standard InChI is InChI=1S/C21H17F3N4O2/c1-3-15(8-7-14(2)29-18-9-11-25-12-10-18)19-27-28-20(30-19)26-17-6-4-5-16(13-17)21(22,23)24/h3-13H,1H2,2H3,(H,26,28). The molecule has 0 aliphatic carbocycles. The Morgan fingerprint density at radius 2 is 1.90 bits per heavy atom. The van der Waals surface area contributed by atoms with Gasteiger partial charge in [0.05, 0.1) is 5.56 Å². The first kappa shape index (κ1) is 20.8. The van der Waals surface area contributed by atoms with Crippen LogP contribution in [0.2, 0.25) is 0 Å². The van der Waals surface area contributed by atoms with Gasteiger partial charge in [0.15, 0.2) is 0 Å². The maximum absolute atomic E-state index is 12.8. The number of anilines is 2. The van der Waals surface area contributed by atoms with E-state index in [1.165, 1.54) is 18.2 Å². The highest BCUT2D eigenvalue weighted by atomic mass is 19.4. The molecule has 154 valence electrons. The number of hydrogen-bond donors (Lipinski definition) is 1. The average Bonchev–Trinajstić information content (AvgIpc) is 3.17. The first-order valence-electron chi connectivity index (χ1n) is 8.72. The summed E-state index contributed by atoms with van der Waals surface area (Å²) in [6.45, 7) is 5.48. The zero-order valence-corrected chi connectivity index (χ0v) is 15.8. The molecular weight excluding hydrogens is 397 g/mol. The third-order valence-corrected chi connectivity index (χ3v) is 3.76. The van der Waals surface area contributed by atoms with Crippen LogP contribution < -0.4 is 10.1 Å². The van der Waals surface area contributed by atoms with Crippen LogP contribution in [-0.4, -0.2) is 15.2 Å². The first-order valence-corrected chi connectivity index (χ1v) is 8.72. The van der Waals surface area contributed by atoms with E-state index in [0.29, 0.717) is 17.1 Å². The number of aromatic nitrogens is 3. The average molecular weight is 414 g/mol. The van der Waals surface area contributed by atoms with Crippen LogP contribution >= 0.6 is 0 Å². The molecule has 0 aliphatic heterocycles. The van der Waals surface area contributed by atoms with E-state index in [4.69, 9.17) is 9.15 Å². The van der Waals surface area contributed by atoms with Crippen molar-refractivity contribution >= 4 is 17.3 Å². The molecular formula is C21H17F3N4O2. The quantitative estimate of drug-likeness (QED) is 0.390. The molecule has 1 aromatic carbocycles. The Bertz CT molecular complexity index is 1070. The molecule has 0 atom stereocenters. The summed E-state index contributed by atoms with van der Waals surface area (Å²) in [7, 11) is 0. The third-order valence-electron chi connectivity index (χ3n) is 3.76. The van der Waals surface area contributed by atoms with Crippen LogP contribution in [0.15, 0.2) is 83.8 Å². The van der Waals surface area contributed by atoms with Crippen molar-refractivity contribution < 1.29 is 22.3 Å². The highest BCUT2D eigenvalue weighted by Gasteiger charge is 2.30. The molecule has 3 aromatic rings. The van der Waals surface area contributed by atoms with Crippen LogP contribution in [0.25, 0.3) is 5.57 Å². The van der Waals surface area contributed by atoms with Crippen LogP contribution in [0.3, 0.4) is 0 Å². The minimum absolute atomic E-state index is 0.0502. The molecule has 2 aromatic heterocycles. The van der Waals surface area contributed by atoms with Crippen LogP contribution in [-0.2, 0) is 6.18 Å².